The number of hydrogen-bond acceptors (Lipinski definition) is 3. The highest BCUT2D eigenvalue weighted by Gasteiger charge is 2.04. The molecule has 0 heterocycles. The van der Waals surface area contributed by atoms with Gasteiger partial charge in [-0.25, -0.2) is 4.39 Å². The molecular formula is C19H15FN4. The lowest BCUT2D eigenvalue weighted by molar-refractivity contribution is 0.628. The molecule has 24 heavy (non-hydrogen) atoms. The van der Waals surface area contributed by atoms with Crippen LogP contribution in [0, 0.1) is 5.82 Å². The van der Waals surface area contributed by atoms with Crippen molar-refractivity contribution in [1.29, 1.82) is 0 Å². The number of hydrazone groups is 1. The Hall–Kier alpha value is -3.34. The number of nitrogens with zero attached hydrogens (tertiary/aromatic N) is 3. The maximum Gasteiger partial charge on any atom is 0.201 e. The molecule has 0 bridgehead atoms. The largest absolute Gasteiger partial charge is 0.276 e. The fourth-order valence-corrected chi connectivity index (χ4v) is 2.00. The van der Waals surface area contributed by atoms with Gasteiger partial charge in [0.25, 0.3) is 0 Å². The number of amidine groups is 1. The molecule has 0 unspecified atom stereocenters. The van der Waals surface area contributed by atoms with E-state index in [4.69, 9.17) is 0 Å². The molecule has 4 nitrogen and oxygen atoms in total. The number of anilines is 1. The van der Waals surface area contributed by atoms with Gasteiger partial charge in [-0.2, -0.15) is 5.10 Å². The quantitative estimate of drug-likeness (QED) is 0.298. The van der Waals surface area contributed by atoms with Crippen LogP contribution in [0.5, 0.6) is 0 Å². The molecule has 0 radical (unpaired) electrons. The van der Waals surface area contributed by atoms with Gasteiger partial charge in [0.15, 0.2) is 5.82 Å². The first-order valence-electron chi connectivity index (χ1n) is 7.43. The molecule has 3 aromatic rings. The molecule has 0 spiro atoms. The Kier molecular flexibility index (Phi) is 5.04. The van der Waals surface area contributed by atoms with Gasteiger partial charge in [0, 0.05) is 5.56 Å². The van der Waals surface area contributed by atoms with Gasteiger partial charge in [0.05, 0.1) is 5.69 Å². The summed E-state index contributed by atoms with van der Waals surface area (Å²) >= 11 is 0. The number of hydrogen-bond donors (Lipinski definition) is 1. The summed E-state index contributed by atoms with van der Waals surface area (Å²) in [5.74, 6) is -0.0626. The molecule has 3 rings (SSSR count). The molecule has 0 amide bonds. The maximum atomic E-state index is 13.7. The molecular weight excluding hydrogens is 303 g/mol. The third-order valence-electron chi connectivity index (χ3n) is 3.20. The highest BCUT2D eigenvalue weighted by Crippen LogP contribution is 2.17. The van der Waals surface area contributed by atoms with Gasteiger partial charge in [0.1, 0.15) is 5.69 Å². The summed E-state index contributed by atoms with van der Waals surface area (Å²) in [6, 6.07) is 25.1. The van der Waals surface area contributed by atoms with E-state index in [0.717, 1.165) is 11.3 Å². The second-order valence-corrected chi connectivity index (χ2v) is 4.93. The van der Waals surface area contributed by atoms with Crippen molar-refractivity contribution in [2.45, 2.75) is 0 Å². The summed E-state index contributed by atoms with van der Waals surface area (Å²) in [6.45, 7) is 0. The standard InChI is InChI=1S/C19H15FN4/c20-17-13-7-8-14-18(17)22-24-19(15-9-3-1-4-10-15)23-21-16-11-5-2-6-12-16/h1-14,21H. The van der Waals surface area contributed by atoms with Crippen LogP contribution in [0.3, 0.4) is 0 Å². The summed E-state index contributed by atoms with van der Waals surface area (Å²) in [4.78, 5) is 0. The van der Waals surface area contributed by atoms with Crippen LogP contribution in [0.25, 0.3) is 0 Å². The number of halogens is 1. The summed E-state index contributed by atoms with van der Waals surface area (Å²) in [5.41, 5.74) is 4.71. The zero-order chi connectivity index (χ0) is 16.6. The molecule has 0 saturated carbocycles. The van der Waals surface area contributed by atoms with Crippen LogP contribution in [-0.4, -0.2) is 5.84 Å². The molecule has 118 valence electrons. The SMILES string of the molecule is Fc1ccccc1N=NC(=NNc1ccccc1)c1ccccc1. The first-order valence-corrected chi connectivity index (χ1v) is 7.43. The second kappa shape index (κ2) is 7.78. The molecule has 3 aromatic carbocycles. The molecule has 0 atom stereocenters. The lowest BCUT2D eigenvalue weighted by Crippen LogP contribution is -2.01. The molecule has 0 aliphatic heterocycles. The molecule has 0 aliphatic rings. The smallest absolute Gasteiger partial charge is 0.201 e. The Morgan fingerprint density at radius 2 is 1.38 bits per heavy atom. The third-order valence-corrected chi connectivity index (χ3v) is 3.20. The van der Waals surface area contributed by atoms with E-state index in [9.17, 15) is 4.39 Å². The summed E-state index contributed by atoms with van der Waals surface area (Å²) in [6.07, 6.45) is 0. The predicted molar refractivity (Wildman–Crippen MR) is 94.0 cm³/mol. The van der Waals surface area contributed by atoms with E-state index in [-0.39, 0.29) is 5.69 Å². The van der Waals surface area contributed by atoms with E-state index in [1.807, 2.05) is 60.7 Å². The van der Waals surface area contributed by atoms with Crippen molar-refractivity contribution in [2.24, 2.45) is 15.3 Å². The van der Waals surface area contributed by atoms with Crippen LogP contribution >= 0.6 is 0 Å². The van der Waals surface area contributed by atoms with E-state index in [1.165, 1.54) is 6.07 Å². The number of benzene rings is 3. The normalized spacial score (nSPS) is 11.6. The van der Waals surface area contributed by atoms with Gasteiger partial charge >= 0.3 is 0 Å². The van der Waals surface area contributed by atoms with Crippen molar-refractivity contribution in [3.8, 4) is 0 Å². The van der Waals surface area contributed by atoms with Crippen molar-refractivity contribution < 1.29 is 4.39 Å². The number of rotatable bonds is 4. The third kappa shape index (κ3) is 4.10. The van der Waals surface area contributed by atoms with Crippen LogP contribution in [0.1, 0.15) is 5.56 Å². The highest BCUT2D eigenvalue weighted by atomic mass is 19.1. The maximum absolute atomic E-state index is 13.7. The van der Waals surface area contributed by atoms with Gasteiger partial charge in [-0.05, 0) is 24.3 Å². The predicted octanol–water partition coefficient (Wildman–Crippen LogP) is 5.38. The van der Waals surface area contributed by atoms with E-state index in [1.54, 1.807) is 18.2 Å². The van der Waals surface area contributed by atoms with Crippen molar-refractivity contribution in [3.05, 3.63) is 96.3 Å². The fraction of sp³-hybridized carbons (Fsp3) is 0. The van der Waals surface area contributed by atoms with Gasteiger partial charge in [0.2, 0.25) is 5.84 Å². The minimum atomic E-state index is -0.426. The van der Waals surface area contributed by atoms with Crippen LogP contribution in [0.2, 0.25) is 0 Å². The average molecular weight is 318 g/mol. The van der Waals surface area contributed by atoms with Crippen LogP contribution in [0.15, 0.2) is 100 Å². The lowest BCUT2D eigenvalue weighted by atomic mass is 10.2. The van der Waals surface area contributed by atoms with E-state index in [2.05, 4.69) is 20.8 Å². The minimum Gasteiger partial charge on any atom is -0.276 e. The Bertz CT molecular complexity index is 846. The van der Waals surface area contributed by atoms with Gasteiger partial charge in [-0.15, -0.1) is 10.2 Å². The molecule has 5 heteroatoms. The monoisotopic (exact) mass is 318 g/mol. The van der Waals surface area contributed by atoms with E-state index < -0.39 is 5.82 Å². The van der Waals surface area contributed by atoms with Gasteiger partial charge in [-0.3, -0.25) is 5.43 Å². The van der Waals surface area contributed by atoms with E-state index >= 15 is 0 Å². The molecule has 0 aromatic heterocycles. The van der Waals surface area contributed by atoms with Gasteiger partial charge < -0.3 is 0 Å². The number of azo groups is 1. The first kappa shape index (κ1) is 15.6. The number of nitrogens with one attached hydrogen (secondary N) is 1. The molecule has 0 aliphatic carbocycles. The van der Waals surface area contributed by atoms with Crippen LogP contribution < -0.4 is 5.43 Å². The summed E-state index contributed by atoms with van der Waals surface area (Å²) in [5, 5.41) is 12.4. The molecule has 1 N–H and O–H groups in total. The summed E-state index contributed by atoms with van der Waals surface area (Å²) < 4.78 is 13.7. The minimum absolute atomic E-state index is 0.167. The molecule has 0 fully saturated rings. The second-order valence-electron chi connectivity index (χ2n) is 4.93. The first-order chi connectivity index (χ1) is 11.8. The van der Waals surface area contributed by atoms with Gasteiger partial charge in [-0.1, -0.05) is 60.7 Å². The van der Waals surface area contributed by atoms with Crippen molar-refractivity contribution in [2.75, 3.05) is 5.43 Å². The number of para-hydroxylation sites is 1. The Morgan fingerprint density at radius 3 is 2.08 bits per heavy atom. The highest BCUT2D eigenvalue weighted by molar-refractivity contribution is 5.99. The summed E-state index contributed by atoms with van der Waals surface area (Å²) in [7, 11) is 0. The van der Waals surface area contributed by atoms with Crippen LogP contribution in [0.4, 0.5) is 15.8 Å². The fourth-order valence-electron chi connectivity index (χ4n) is 2.00. The topological polar surface area (TPSA) is 49.1 Å². The average Bonchev–Trinajstić information content (AvgIpc) is 2.65. The van der Waals surface area contributed by atoms with Crippen molar-refractivity contribution in [3.63, 3.8) is 0 Å². The Labute approximate surface area is 139 Å². The zero-order valence-electron chi connectivity index (χ0n) is 12.8. The Balaban J connectivity index is 1.89. The zero-order valence-corrected chi connectivity index (χ0v) is 12.8. The molecule has 0 saturated heterocycles. The lowest BCUT2D eigenvalue weighted by Gasteiger charge is -2.03. The van der Waals surface area contributed by atoms with Crippen molar-refractivity contribution in [1.82, 2.24) is 0 Å². The van der Waals surface area contributed by atoms with E-state index in [0.29, 0.717) is 5.84 Å². The Morgan fingerprint density at radius 1 is 0.750 bits per heavy atom. The van der Waals surface area contributed by atoms with Crippen molar-refractivity contribution >= 4 is 17.2 Å². The van der Waals surface area contributed by atoms with Crippen LogP contribution in [-0.2, 0) is 0 Å².